The van der Waals surface area contributed by atoms with Crippen LogP contribution in [0.5, 0.6) is 0 Å². The third-order valence-electron chi connectivity index (χ3n) is 10.5. The van der Waals surface area contributed by atoms with Crippen LogP contribution in [-0.2, 0) is 33.3 Å². The predicted octanol–water partition coefficient (Wildman–Crippen LogP) is 9.98. The highest BCUT2D eigenvalue weighted by atomic mass is 16.7. The summed E-state index contributed by atoms with van der Waals surface area (Å²) in [5, 5.41) is 39.8. The molecule has 6 atom stereocenters. The van der Waals surface area contributed by atoms with E-state index < -0.39 is 61.3 Å². The predicted molar refractivity (Wildman–Crippen MR) is 229 cm³/mol. The smallest absolute Gasteiger partial charge is 0.335 e. The molecule has 0 spiro atoms. The highest BCUT2D eigenvalue weighted by molar-refractivity contribution is 5.73. The molecule has 336 valence electrons. The van der Waals surface area contributed by atoms with Crippen LogP contribution in [0.2, 0.25) is 0 Å². The standard InChI is InChI=1S/C47H82O11/c1-3-5-7-9-11-13-15-17-18-19-20-21-22-24-26-28-30-32-34-36-41(49)57-39(38-56-47-44(52)42(50)43(51)45(58-47)46(53)54)37-55-40(48)35-33-31-29-27-25-23-16-14-12-10-8-6-4-2/h6,8,12,14,23,25,39,42-45,47,50-52H,3-5,7,9-11,13,15-22,24,26-38H2,1-2H3,(H,53,54)/b8-6-,14-12-,25-23-. The van der Waals surface area contributed by atoms with Crippen molar-refractivity contribution in [1.82, 2.24) is 0 Å². The molecule has 1 aliphatic heterocycles. The van der Waals surface area contributed by atoms with Crippen molar-refractivity contribution in [3.63, 3.8) is 0 Å². The van der Waals surface area contributed by atoms with Gasteiger partial charge in [0.05, 0.1) is 6.61 Å². The van der Waals surface area contributed by atoms with E-state index in [1.807, 2.05) is 0 Å². The molecule has 0 aromatic carbocycles. The first-order valence-corrected chi connectivity index (χ1v) is 23.0. The fourth-order valence-corrected chi connectivity index (χ4v) is 6.89. The molecule has 1 fully saturated rings. The number of carbonyl (C=O) groups excluding carboxylic acids is 2. The molecule has 11 nitrogen and oxygen atoms in total. The Morgan fingerprint density at radius 3 is 1.53 bits per heavy atom. The molecule has 1 heterocycles. The Labute approximate surface area is 351 Å². The first-order chi connectivity index (χ1) is 28.2. The summed E-state index contributed by atoms with van der Waals surface area (Å²) in [5.74, 6) is -2.48. The van der Waals surface area contributed by atoms with Gasteiger partial charge in [-0.25, -0.2) is 4.79 Å². The highest BCUT2D eigenvalue weighted by Crippen LogP contribution is 2.23. The van der Waals surface area contributed by atoms with Crippen LogP contribution in [0.1, 0.15) is 194 Å². The lowest BCUT2D eigenvalue weighted by Gasteiger charge is -2.38. The number of unbranched alkanes of at least 4 members (excludes halogenated alkanes) is 21. The molecular formula is C47H82O11. The van der Waals surface area contributed by atoms with E-state index in [9.17, 15) is 34.8 Å². The first-order valence-electron chi connectivity index (χ1n) is 23.0. The van der Waals surface area contributed by atoms with Gasteiger partial charge >= 0.3 is 17.9 Å². The zero-order valence-electron chi connectivity index (χ0n) is 36.3. The second-order valence-corrected chi connectivity index (χ2v) is 15.9. The van der Waals surface area contributed by atoms with Crippen molar-refractivity contribution >= 4 is 17.9 Å². The molecular weight excluding hydrogens is 741 g/mol. The zero-order chi connectivity index (χ0) is 42.5. The summed E-state index contributed by atoms with van der Waals surface area (Å²) in [6.07, 6.45) is 33.5. The number of carboxylic acid groups (broad SMARTS) is 1. The summed E-state index contributed by atoms with van der Waals surface area (Å²) < 4.78 is 21.7. The number of aliphatic carboxylic acids is 1. The van der Waals surface area contributed by atoms with Gasteiger partial charge in [-0.15, -0.1) is 0 Å². The molecule has 0 aromatic rings. The maximum absolute atomic E-state index is 12.8. The van der Waals surface area contributed by atoms with Crippen LogP contribution in [-0.4, -0.2) is 88.4 Å². The van der Waals surface area contributed by atoms with E-state index in [1.54, 1.807) is 0 Å². The van der Waals surface area contributed by atoms with Gasteiger partial charge in [-0.1, -0.05) is 172 Å². The number of allylic oxidation sites excluding steroid dienone is 6. The number of rotatable bonds is 38. The first kappa shape index (κ1) is 53.4. The molecule has 0 amide bonds. The second-order valence-electron chi connectivity index (χ2n) is 15.9. The number of carbonyl (C=O) groups is 3. The molecule has 1 saturated heterocycles. The van der Waals surface area contributed by atoms with Crippen LogP contribution < -0.4 is 0 Å². The number of aliphatic hydroxyl groups excluding tert-OH is 3. The second kappa shape index (κ2) is 37.4. The van der Waals surface area contributed by atoms with E-state index in [4.69, 9.17) is 18.9 Å². The lowest BCUT2D eigenvalue weighted by Crippen LogP contribution is -2.60. The number of carboxylic acids is 1. The van der Waals surface area contributed by atoms with E-state index >= 15 is 0 Å². The van der Waals surface area contributed by atoms with Gasteiger partial charge in [-0.05, 0) is 44.9 Å². The quantitative estimate of drug-likeness (QED) is 0.0266. The van der Waals surface area contributed by atoms with Gasteiger partial charge in [-0.3, -0.25) is 9.59 Å². The Morgan fingerprint density at radius 2 is 1.02 bits per heavy atom. The minimum absolute atomic E-state index is 0.179. The third-order valence-corrected chi connectivity index (χ3v) is 10.5. The largest absolute Gasteiger partial charge is 0.479 e. The Kier molecular flexibility index (Phi) is 34.5. The minimum atomic E-state index is -1.86. The van der Waals surface area contributed by atoms with E-state index in [0.717, 1.165) is 57.8 Å². The van der Waals surface area contributed by atoms with Crippen molar-refractivity contribution in [1.29, 1.82) is 0 Å². The van der Waals surface area contributed by atoms with Gasteiger partial charge < -0.3 is 39.4 Å². The Bertz CT molecular complexity index is 1110. The molecule has 0 aliphatic carbocycles. The van der Waals surface area contributed by atoms with Gasteiger partial charge in [0.2, 0.25) is 0 Å². The average Bonchev–Trinajstić information content (AvgIpc) is 3.21. The van der Waals surface area contributed by atoms with Crippen molar-refractivity contribution in [2.45, 2.75) is 230 Å². The lowest BCUT2D eigenvalue weighted by molar-refractivity contribution is -0.298. The maximum atomic E-state index is 12.8. The van der Waals surface area contributed by atoms with E-state index in [-0.39, 0.29) is 19.4 Å². The number of ether oxygens (including phenoxy) is 4. The van der Waals surface area contributed by atoms with Crippen molar-refractivity contribution in [3.05, 3.63) is 36.5 Å². The zero-order valence-corrected chi connectivity index (χ0v) is 36.3. The fourth-order valence-electron chi connectivity index (χ4n) is 6.89. The Balaban J connectivity index is 2.35. The average molecular weight is 823 g/mol. The molecule has 4 N–H and O–H groups in total. The van der Waals surface area contributed by atoms with Crippen molar-refractivity contribution in [2.75, 3.05) is 13.2 Å². The summed E-state index contributed by atoms with van der Waals surface area (Å²) in [6, 6.07) is 0. The number of hydrogen-bond acceptors (Lipinski definition) is 10. The summed E-state index contributed by atoms with van der Waals surface area (Å²) in [7, 11) is 0. The lowest BCUT2D eigenvalue weighted by atomic mass is 9.99. The van der Waals surface area contributed by atoms with Crippen LogP contribution in [0.15, 0.2) is 36.5 Å². The van der Waals surface area contributed by atoms with Crippen LogP contribution in [0.25, 0.3) is 0 Å². The minimum Gasteiger partial charge on any atom is -0.479 e. The Hall–Kier alpha value is -2.57. The van der Waals surface area contributed by atoms with Crippen LogP contribution in [0, 0.1) is 0 Å². The summed E-state index contributed by atoms with van der Waals surface area (Å²) in [4.78, 5) is 36.8. The maximum Gasteiger partial charge on any atom is 0.335 e. The van der Waals surface area contributed by atoms with Crippen LogP contribution in [0.4, 0.5) is 0 Å². The molecule has 0 bridgehead atoms. The molecule has 1 aliphatic rings. The van der Waals surface area contributed by atoms with Crippen molar-refractivity contribution in [3.8, 4) is 0 Å². The SMILES string of the molecule is CC/C=C\C/C=C\C/C=C\CCCCCC(=O)OCC(COC1OC(C(=O)O)C(O)C(O)C1O)OC(=O)CCCCCCCCCCCCCCCCCCCCC. The summed E-state index contributed by atoms with van der Waals surface area (Å²) in [6.45, 7) is 3.68. The topological polar surface area (TPSA) is 169 Å². The normalized spacial score (nSPS) is 20.3. The van der Waals surface area contributed by atoms with Gasteiger partial charge in [-0.2, -0.15) is 0 Å². The molecule has 1 rings (SSSR count). The summed E-state index contributed by atoms with van der Waals surface area (Å²) in [5.41, 5.74) is 0. The van der Waals surface area contributed by atoms with E-state index in [2.05, 4.69) is 50.3 Å². The summed E-state index contributed by atoms with van der Waals surface area (Å²) >= 11 is 0. The van der Waals surface area contributed by atoms with E-state index in [1.165, 1.54) is 96.3 Å². The monoisotopic (exact) mass is 823 g/mol. The van der Waals surface area contributed by atoms with Gasteiger partial charge in [0.1, 0.15) is 24.9 Å². The fraction of sp³-hybridized carbons (Fsp3) is 0.809. The van der Waals surface area contributed by atoms with Gasteiger partial charge in [0.15, 0.2) is 18.5 Å². The molecule has 58 heavy (non-hydrogen) atoms. The van der Waals surface area contributed by atoms with Crippen molar-refractivity contribution < 1.29 is 53.8 Å². The molecule has 0 aromatic heterocycles. The number of esters is 2. The van der Waals surface area contributed by atoms with Crippen LogP contribution >= 0.6 is 0 Å². The highest BCUT2D eigenvalue weighted by Gasteiger charge is 2.47. The van der Waals surface area contributed by atoms with Crippen molar-refractivity contribution in [2.24, 2.45) is 0 Å². The number of aliphatic hydroxyl groups is 3. The Morgan fingerprint density at radius 1 is 0.552 bits per heavy atom. The molecule has 0 saturated carbocycles. The van der Waals surface area contributed by atoms with Gasteiger partial charge in [0.25, 0.3) is 0 Å². The number of hydrogen-bond donors (Lipinski definition) is 4. The van der Waals surface area contributed by atoms with E-state index in [0.29, 0.717) is 12.8 Å². The molecule has 6 unspecified atom stereocenters. The molecule has 11 heteroatoms. The third kappa shape index (κ3) is 28.8. The molecule has 0 radical (unpaired) electrons. The van der Waals surface area contributed by atoms with Gasteiger partial charge in [0, 0.05) is 12.8 Å². The van der Waals surface area contributed by atoms with Crippen LogP contribution in [0.3, 0.4) is 0 Å².